The first-order valence-corrected chi connectivity index (χ1v) is 9.02. The Morgan fingerprint density at radius 3 is 2.89 bits per heavy atom. The fourth-order valence-corrected chi connectivity index (χ4v) is 3.08. The summed E-state index contributed by atoms with van der Waals surface area (Å²) >= 11 is 6.61. The van der Waals surface area contributed by atoms with E-state index in [1.54, 1.807) is 20.0 Å². The molecule has 2 aromatic heterocycles. The van der Waals surface area contributed by atoms with Gasteiger partial charge in [0.15, 0.2) is 5.65 Å². The van der Waals surface area contributed by atoms with Gasteiger partial charge in [-0.3, -0.25) is 0 Å². The number of rotatable bonds is 9. The molecule has 2 rings (SSSR count). The molecule has 0 bridgehead atoms. The average molecular weight is 390 g/mol. The van der Waals surface area contributed by atoms with Gasteiger partial charge in [-0.2, -0.15) is 15.0 Å². The van der Waals surface area contributed by atoms with E-state index in [1.165, 1.54) is 10.8 Å². The van der Waals surface area contributed by atoms with Gasteiger partial charge in [-0.1, -0.05) is 18.5 Å². The minimum atomic E-state index is -0.860. The van der Waals surface area contributed by atoms with Crippen molar-refractivity contribution in [2.24, 2.45) is 5.73 Å². The summed E-state index contributed by atoms with van der Waals surface area (Å²) < 4.78 is 6.90. The van der Waals surface area contributed by atoms with E-state index < -0.39 is 5.41 Å². The Hall–Kier alpha value is -2.63. The van der Waals surface area contributed by atoms with Gasteiger partial charge >= 0.3 is 0 Å². The van der Waals surface area contributed by atoms with E-state index in [1.807, 2.05) is 6.92 Å². The molecule has 9 heteroatoms. The molecule has 0 spiro atoms. The van der Waals surface area contributed by atoms with Crippen molar-refractivity contribution >= 4 is 40.5 Å². The highest BCUT2D eigenvalue weighted by Gasteiger charge is 2.30. The van der Waals surface area contributed by atoms with E-state index in [2.05, 4.69) is 21.5 Å². The van der Waals surface area contributed by atoms with Crippen LogP contribution in [0.15, 0.2) is 12.3 Å². The molecule has 144 valence electrons. The van der Waals surface area contributed by atoms with E-state index in [9.17, 15) is 5.26 Å². The summed E-state index contributed by atoms with van der Waals surface area (Å²) in [4.78, 5) is 4.56. The third-order valence-electron chi connectivity index (χ3n) is 3.95. The van der Waals surface area contributed by atoms with Gasteiger partial charge in [0.05, 0.1) is 29.3 Å². The number of nitriles is 1. The van der Waals surface area contributed by atoms with Crippen LogP contribution in [0.3, 0.4) is 0 Å². The van der Waals surface area contributed by atoms with Crippen LogP contribution in [0.4, 0.5) is 5.82 Å². The van der Waals surface area contributed by atoms with Crippen molar-refractivity contribution in [3.63, 3.8) is 0 Å². The maximum Gasteiger partial charge on any atom is 0.167 e. The van der Waals surface area contributed by atoms with Crippen LogP contribution in [-0.2, 0) is 10.2 Å². The number of nitrogens with one attached hydrogen (secondary N) is 2. The van der Waals surface area contributed by atoms with E-state index in [-0.39, 0.29) is 5.82 Å². The second kappa shape index (κ2) is 8.84. The lowest BCUT2D eigenvalue weighted by atomic mass is 9.85. The highest BCUT2D eigenvalue weighted by atomic mass is 35.5. The van der Waals surface area contributed by atoms with E-state index in [0.29, 0.717) is 47.2 Å². The fourth-order valence-electron chi connectivity index (χ4n) is 2.63. The Labute approximate surface area is 163 Å². The second-order valence-corrected chi connectivity index (χ2v) is 6.86. The molecule has 0 saturated carbocycles. The minimum Gasteiger partial charge on any atom is -0.384 e. The molecule has 0 aliphatic heterocycles. The molecule has 0 fully saturated rings. The van der Waals surface area contributed by atoms with Crippen molar-refractivity contribution in [3.8, 4) is 6.07 Å². The highest BCUT2D eigenvalue weighted by Crippen LogP contribution is 2.39. The van der Waals surface area contributed by atoms with Crippen molar-refractivity contribution in [3.05, 3.63) is 22.9 Å². The van der Waals surface area contributed by atoms with Gasteiger partial charge in [0.2, 0.25) is 0 Å². The van der Waals surface area contributed by atoms with Crippen molar-refractivity contribution in [1.29, 1.82) is 10.7 Å². The number of halogens is 1. The van der Waals surface area contributed by atoms with Crippen LogP contribution in [0.5, 0.6) is 0 Å². The average Bonchev–Trinajstić information content (AvgIpc) is 3.04. The second-order valence-electron chi connectivity index (χ2n) is 6.48. The summed E-state index contributed by atoms with van der Waals surface area (Å²) in [5.41, 5.74) is 6.21. The number of nitrogens with zero attached hydrogens (tertiary/aromatic N) is 4. The lowest BCUT2D eigenvalue weighted by molar-refractivity contribution is 0.144. The molecule has 0 saturated heterocycles. The normalized spacial score (nSPS) is 12.2. The van der Waals surface area contributed by atoms with E-state index >= 15 is 0 Å². The Morgan fingerprint density at radius 2 is 2.26 bits per heavy atom. The molecule has 0 radical (unpaired) electrons. The monoisotopic (exact) mass is 389 g/mol. The number of hydrogen-bond donors (Lipinski definition) is 3. The molecule has 27 heavy (non-hydrogen) atoms. The number of anilines is 1. The Morgan fingerprint density at radius 1 is 1.52 bits per heavy atom. The van der Waals surface area contributed by atoms with Crippen LogP contribution in [-0.4, -0.2) is 40.7 Å². The van der Waals surface area contributed by atoms with Crippen molar-refractivity contribution in [2.75, 3.05) is 25.1 Å². The van der Waals surface area contributed by atoms with Gasteiger partial charge in [-0.15, -0.1) is 0 Å². The third-order valence-corrected chi connectivity index (χ3v) is 4.32. The Balaban J connectivity index is 2.57. The predicted octanol–water partition coefficient (Wildman–Crippen LogP) is 3.13. The summed E-state index contributed by atoms with van der Waals surface area (Å²) in [6, 6.07) is 2.28. The van der Waals surface area contributed by atoms with Gasteiger partial charge in [0.25, 0.3) is 0 Å². The third kappa shape index (κ3) is 4.38. The first kappa shape index (κ1) is 20.7. The van der Waals surface area contributed by atoms with Crippen LogP contribution in [0, 0.1) is 16.7 Å². The maximum absolute atomic E-state index is 9.63. The van der Waals surface area contributed by atoms with E-state index in [0.717, 1.165) is 12.6 Å². The van der Waals surface area contributed by atoms with E-state index in [4.69, 9.17) is 27.5 Å². The van der Waals surface area contributed by atoms with Crippen LogP contribution in [0.2, 0.25) is 5.02 Å². The smallest absolute Gasteiger partial charge is 0.167 e. The number of ether oxygens (including phenoxy) is 1. The number of allylic oxidation sites excluding steroid dienone is 1. The molecule has 0 aliphatic rings. The molecule has 0 amide bonds. The van der Waals surface area contributed by atoms with Crippen molar-refractivity contribution in [2.45, 2.75) is 32.6 Å². The molecule has 4 N–H and O–H groups in total. The van der Waals surface area contributed by atoms with Gasteiger partial charge in [0, 0.05) is 30.3 Å². The van der Waals surface area contributed by atoms with Gasteiger partial charge in [0.1, 0.15) is 11.6 Å². The molecule has 0 atom stereocenters. The largest absolute Gasteiger partial charge is 0.384 e. The van der Waals surface area contributed by atoms with Crippen LogP contribution >= 0.6 is 11.6 Å². The lowest BCUT2D eigenvalue weighted by Gasteiger charge is -2.21. The standard InChI is InChI=1S/C18H24ClN7O/c1-4-8-27-9-7-23-16-15(19)14(18(2,3)11-21)12-10-24-26(17(12)25-16)13(22)5-6-20/h5-6,10,20H,4,7-9,22H2,1-3H3,(H,23,25). The first-order valence-electron chi connectivity index (χ1n) is 8.64. The number of aromatic nitrogens is 3. The highest BCUT2D eigenvalue weighted by molar-refractivity contribution is 6.34. The molecule has 0 aliphatic carbocycles. The lowest BCUT2D eigenvalue weighted by Crippen LogP contribution is -2.18. The molecular formula is C18H24ClN7O. The SMILES string of the molecule is CCCOCCNc1nc2c(cnn2C(N)=CC=N)c(C(C)(C)C#N)c1Cl. The molecule has 2 aromatic rings. The molecule has 2 heterocycles. The van der Waals surface area contributed by atoms with Crippen molar-refractivity contribution in [1.82, 2.24) is 14.8 Å². The van der Waals surface area contributed by atoms with Crippen LogP contribution < -0.4 is 11.1 Å². The van der Waals surface area contributed by atoms with Crippen LogP contribution in [0.25, 0.3) is 16.9 Å². The van der Waals surface area contributed by atoms with Crippen LogP contribution in [0.1, 0.15) is 32.8 Å². The maximum atomic E-state index is 9.63. The zero-order valence-corrected chi connectivity index (χ0v) is 16.5. The number of fused-ring (bicyclic) bond motifs is 1. The van der Waals surface area contributed by atoms with Crippen molar-refractivity contribution < 1.29 is 4.74 Å². The minimum absolute atomic E-state index is 0.243. The number of nitrogens with two attached hydrogens (primary N) is 1. The summed E-state index contributed by atoms with van der Waals surface area (Å²) in [5, 5.41) is 25.3. The quantitative estimate of drug-likeness (QED) is 0.446. The molecule has 0 unspecified atom stereocenters. The summed E-state index contributed by atoms with van der Waals surface area (Å²) in [6.45, 7) is 7.34. The fraction of sp³-hybridized carbons (Fsp3) is 0.444. The number of pyridine rings is 1. The summed E-state index contributed by atoms with van der Waals surface area (Å²) in [6.07, 6.45) is 5.01. The summed E-state index contributed by atoms with van der Waals surface area (Å²) in [5.74, 6) is 0.680. The summed E-state index contributed by atoms with van der Waals surface area (Å²) in [7, 11) is 0. The zero-order valence-electron chi connectivity index (χ0n) is 15.7. The molecule has 8 nitrogen and oxygen atoms in total. The van der Waals surface area contributed by atoms with Gasteiger partial charge < -0.3 is 21.2 Å². The molecule has 0 aromatic carbocycles. The van der Waals surface area contributed by atoms with Gasteiger partial charge in [-0.25, -0.2) is 4.98 Å². The predicted molar refractivity (Wildman–Crippen MR) is 108 cm³/mol. The number of hydrogen-bond acceptors (Lipinski definition) is 7. The van der Waals surface area contributed by atoms with Gasteiger partial charge in [-0.05, 0) is 26.3 Å². The molecular weight excluding hydrogens is 366 g/mol. The zero-order chi connectivity index (χ0) is 20.0. The Kier molecular flexibility index (Phi) is 6.77. The first-order chi connectivity index (χ1) is 12.9. The topological polar surface area (TPSA) is 126 Å². The Bertz CT molecular complexity index is 895.